The lowest BCUT2D eigenvalue weighted by atomic mass is 9.80. The highest BCUT2D eigenvalue weighted by molar-refractivity contribution is 6.16. The van der Waals surface area contributed by atoms with Crippen LogP contribution in [0, 0.1) is 0 Å². The van der Waals surface area contributed by atoms with E-state index in [0.717, 1.165) is 17.1 Å². The number of hydrogen-bond donors (Lipinski definition) is 0. The quantitative estimate of drug-likeness (QED) is 0.172. The Bertz CT molecular complexity index is 2700. The van der Waals surface area contributed by atoms with Gasteiger partial charge in [-0.15, -0.1) is 0 Å². The minimum absolute atomic E-state index is 0.00362. The number of fused-ring (bicyclic) bond motifs is 6. The Morgan fingerprint density at radius 1 is 0.473 bits per heavy atom. The molecule has 0 unspecified atom stereocenters. The highest BCUT2D eigenvalue weighted by Gasteiger charge is 2.36. The highest BCUT2D eigenvalue weighted by atomic mass is 15.1. The number of aromatic nitrogens is 1. The molecule has 0 saturated heterocycles. The molecule has 0 bridgehead atoms. The lowest BCUT2D eigenvalue weighted by molar-refractivity contribution is 0.568. The summed E-state index contributed by atoms with van der Waals surface area (Å²) in [6.45, 7) is 18.7. The lowest BCUT2D eigenvalue weighted by Gasteiger charge is -2.29. The first-order valence-electron chi connectivity index (χ1n) is 19.7. The SMILES string of the molecule is CC(C)(C)c1cc(-n2c3ccccc3c3c(N(c4ccc(-c5ccccc5)cc4)c4ccc5c(c4)C(C)(C)c4ccccc4-5)cccc32)cc(C(C)(C)C)c1. The zero-order valence-electron chi connectivity index (χ0n) is 33.4. The van der Waals surface area contributed by atoms with Crippen LogP contribution in [0.15, 0.2) is 158 Å². The van der Waals surface area contributed by atoms with Gasteiger partial charge in [-0.05, 0) is 110 Å². The molecule has 0 radical (unpaired) electrons. The average molecular weight is 715 g/mol. The van der Waals surface area contributed by atoms with Crippen LogP contribution in [-0.4, -0.2) is 4.57 Å². The van der Waals surface area contributed by atoms with Gasteiger partial charge in [0.25, 0.3) is 0 Å². The Kier molecular flexibility index (Phi) is 7.99. The highest BCUT2D eigenvalue weighted by Crippen LogP contribution is 2.52. The average Bonchev–Trinajstić information content (AvgIpc) is 3.64. The van der Waals surface area contributed by atoms with Gasteiger partial charge in [-0.3, -0.25) is 0 Å². The van der Waals surface area contributed by atoms with Gasteiger partial charge in [-0.25, -0.2) is 0 Å². The Morgan fingerprint density at radius 3 is 1.76 bits per heavy atom. The van der Waals surface area contributed by atoms with Gasteiger partial charge in [0.2, 0.25) is 0 Å². The molecular weight excluding hydrogens is 665 g/mol. The van der Waals surface area contributed by atoms with Crippen molar-refractivity contribution in [2.45, 2.75) is 71.6 Å². The summed E-state index contributed by atoms with van der Waals surface area (Å²) in [4.78, 5) is 2.49. The molecule has 1 aliphatic carbocycles. The maximum atomic E-state index is 2.50. The Balaban J connectivity index is 1.31. The fourth-order valence-corrected chi connectivity index (χ4v) is 8.76. The molecule has 1 aromatic heterocycles. The molecule has 9 rings (SSSR count). The maximum Gasteiger partial charge on any atom is 0.0562 e. The van der Waals surface area contributed by atoms with Crippen LogP contribution in [-0.2, 0) is 16.2 Å². The normalized spacial score (nSPS) is 13.6. The van der Waals surface area contributed by atoms with Crippen LogP contribution in [0.3, 0.4) is 0 Å². The van der Waals surface area contributed by atoms with Gasteiger partial charge >= 0.3 is 0 Å². The van der Waals surface area contributed by atoms with Gasteiger partial charge in [0.15, 0.2) is 0 Å². The van der Waals surface area contributed by atoms with E-state index in [2.05, 4.69) is 223 Å². The molecule has 0 saturated carbocycles. The summed E-state index contributed by atoms with van der Waals surface area (Å²) < 4.78 is 2.50. The summed E-state index contributed by atoms with van der Waals surface area (Å²) in [7, 11) is 0. The minimum Gasteiger partial charge on any atom is -0.310 e. The predicted molar refractivity (Wildman–Crippen MR) is 236 cm³/mol. The van der Waals surface area contributed by atoms with E-state index in [9.17, 15) is 0 Å². The van der Waals surface area contributed by atoms with Crippen molar-refractivity contribution in [3.8, 4) is 27.9 Å². The van der Waals surface area contributed by atoms with Crippen LogP contribution >= 0.6 is 0 Å². The summed E-state index contributed by atoms with van der Waals surface area (Å²) in [6.07, 6.45) is 0. The van der Waals surface area contributed by atoms with Gasteiger partial charge in [-0.1, -0.05) is 159 Å². The number of hydrogen-bond acceptors (Lipinski definition) is 1. The third-order valence-electron chi connectivity index (χ3n) is 11.9. The second-order valence-corrected chi connectivity index (χ2v) is 17.9. The zero-order valence-corrected chi connectivity index (χ0v) is 33.4. The third-order valence-corrected chi connectivity index (χ3v) is 11.9. The molecule has 2 heteroatoms. The largest absolute Gasteiger partial charge is 0.310 e. The van der Waals surface area contributed by atoms with Gasteiger partial charge in [0.1, 0.15) is 0 Å². The van der Waals surface area contributed by atoms with Crippen molar-refractivity contribution >= 4 is 38.9 Å². The van der Waals surface area contributed by atoms with E-state index in [1.54, 1.807) is 0 Å². The monoisotopic (exact) mass is 714 g/mol. The van der Waals surface area contributed by atoms with E-state index in [1.165, 1.54) is 72.0 Å². The molecule has 2 nitrogen and oxygen atoms in total. The third kappa shape index (κ3) is 5.78. The van der Waals surface area contributed by atoms with Crippen LogP contribution in [0.5, 0.6) is 0 Å². The van der Waals surface area contributed by atoms with E-state index in [4.69, 9.17) is 0 Å². The lowest BCUT2D eigenvalue weighted by Crippen LogP contribution is -2.17. The van der Waals surface area contributed by atoms with Crippen molar-refractivity contribution in [2.75, 3.05) is 4.90 Å². The van der Waals surface area contributed by atoms with E-state index in [-0.39, 0.29) is 16.2 Å². The van der Waals surface area contributed by atoms with Crippen molar-refractivity contribution in [3.05, 3.63) is 180 Å². The van der Waals surface area contributed by atoms with Crippen LogP contribution in [0.4, 0.5) is 17.1 Å². The summed E-state index contributed by atoms with van der Waals surface area (Å²) in [6, 6.07) is 58.8. The Morgan fingerprint density at radius 2 is 1.05 bits per heavy atom. The van der Waals surface area contributed by atoms with E-state index < -0.39 is 0 Å². The van der Waals surface area contributed by atoms with Crippen molar-refractivity contribution in [3.63, 3.8) is 0 Å². The molecular formula is C53H50N2. The van der Waals surface area contributed by atoms with Crippen LogP contribution in [0.25, 0.3) is 49.7 Å². The van der Waals surface area contributed by atoms with E-state index >= 15 is 0 Å². The van der Waals surface area contributed by atoms with E-state index in [1.807, 2.05) is 0 Å². The second-order valence-electron chi connectivity index (χ2n) is 17.9. The summed E-state index contributed by atoms with van der Waals surface area (Å²) in [5.74, 6) is 0. The molecule has 7 aromatic carbocycles. The maximum absolute atomic E-state index is 2.50. The molecule has 0 spiro atoms. The molecule has 1 heterocycles. The first-order chi connectivity index (χ1) is 26.3. The fraction of sp³-hybridized carbons (Fsp3) is 0.208. The van der Waals surface area contributed by atoms with Crippen molar-refractivity contribution in [2.24, 2.45) is 0 Å². The number of rotatable bonds is 5. The Labute approximate surface area is 326 Å². The van der Waals surface area contributed by atoms with E-state index in [0.29, 0.717) is 0 Å². The van der Waals surface area contributed by atoms with Gasteiger partial charge in [0.05, 0.1) is 16.7 Å². The summed E-state index contributed by atoms with van der Waals surface area (Å²) >= 11 is 0. The number of anilines is 3. The number of nitrogens with zero attached hydrogens (tertiary/aromatic N) is 2. The molecule has 0 aliphatic heterocycles. The molecule has 0 N–H and O–H groups in total. The molecule has 0 atom stereocenters. The minimum atomic E-state index is -0.115. The van der Waals surface area contributed by atoms with Crippen molar-refractivity contribution < 1.29 is 0 Å². The molecule has 272 valence electrons. The van der Waals surface area contributed by atoms with Crippen LogP contribution in [0.2, 0.25) is 0 Å². The molecule has 55 heavy (non-hydrogen) atoms. The van der Waals surface area contributed by atoms with Crippen LogP contribution in [0.1, 0.15) is 77.6 Å². The predicted octanol–water partition coefficient (Wildman–Crippen LogP) is 14.8. The van der Waals surface area contributed by atoms with Gasteiger partial charge < -0.3 is 9.47 Å². The first-order valence-corrected chi connectivity index (χ1v) is 19.7. The smallest absolute Gasteiger partial charge is 0.0562 e. The van der Waals surface area contributed by atoms with Gasteiger partial charge in [-0.2, -0.15) is 0 Å². The number of benzene rings is 7. The second kappa shape index (κ2) is 12.6. The fourth-order valence-electron chi connectivity index (χ4n) is 8.76. The summed E-state index contributed by atoms with van der Waals surface area (Å²) in [5.41, 5.74) is 17.5. The first kappa shape index (κ1) is 34.9. The molecule has 8 aromatic rings. The number of para-hydroxylation sites is 1. The summed E-state index contributed by atoms with van der Waals surface area (Å²) in [5, 5.41) is 2.48. The molecule has 0 amide bonds. The van der Waals surface area contributed by atoms with Gasteiger partial charge in [0, 0.05) is 33.2 Å². The van der Waals surface area contributed by atoms with Crippen molar-refractivity contribution in [1.82, 2.24) is 4.57 Å². The Hall–Kier alpha value is -5.86. The molecule has 0 fully saturated rings. The topological polar surface area (TPSA) is 8.17 Å². The van der Waals surface area contributed by atoms with Crippen LogP contribution < -0.4 is 4.90 Å². The van der Waals surface area contributed by atoms with Crippen molar-refractivity contribution in [1.29, 1.82) is 0 Å². The molecule has 1 aliphatic rings. The zero-order chi connectivity index (χ0) is 38.3. The standard InChI is InChI=1S/C53H50N2/c1-51(2,3)37-31-38(52(4,5)6)33-41(32-37)55-47-22-15-13-20-44(47)50-48(23-16-24-49(50)55)54(39-27-25-36(26-28-39)35-17-10-9-11-18-35)40-29-30-43-42-19-12-14-21-45(42)53(7,8)46(43)34-40/h9-34H,1-8H3.